The van der Waals surface area contributed by atoms with E-state index in [4.69, 9.17) is 9.47 Å². The lowest BCUT2D eigenvalue weighted by atomic mass is 9.87. The molecular weight excluding hydrogens is 218 g/mol. The number of methoxy groups -OCH3 is 1. The van der Waals surface area contributed by atoms with Gasteiger partial charge in [-0.3, -0.25) is 0 Å². The standard InChI is InChI=1S/C13H23NO3/c1-12(2,3)17-11(15)14-8-7-10(16-6)13(4,5)9-14/h7H,8-9H2,1-6H3. The maximum Gasteiger partial charge on any atom is 0.410 e. The van der Waals surface area contributed by atoms with Gasteiger partial charge in [-0.1, -0.05) is 13.8 Å². The molecule has 1 rings (SSSR count). The number of carbonyl (C=O) groups excluding carboxylic acids is 1. The van der Waals surface area contributed by atoms with Gasteiger partial charge in [0.05, 0.1) is 7.11 Å². The van der Waals surface area contributed by atoms with Gasteiger partial charge in [-0.2, -0.15) is 0 Å². The first-order valence-electron chi connectivity index (χ1n) is 5.88. The monoisotopic (exact) mass is 241 g/mol. The molecule has 0 aromatic heterocycles. The fourth-order valence-electron chi connectivity index (χ4n) is 1.91. The summed E-state index contributed by atoms with van der Waals surface area (Å²) in [4.78, 5) is 13.6. The molecule has 17 heavy (non-hydrogen) atoms. The van der Waals surface area contributed by atoms with Crippen LogP contribution in [0.1, 0.15) is 34.6 Å². The van der Waals surface area contributed by atoms with E-state index in [1.54, 1.807) is 12.0 Å². The smallest absolute Gasteiger partial charge is 0.410 e. The quantitative estimate of drug-likeness (QED) is 0.708. The van der Waals surface area contributed by atoms with Crippen LogP contribution in [0, 0.1) is 5.41 Å². The highest BCUT2D eigenvalue weighted by Crippen LogP contribution is 2.31. The summed E-state index contributed by atoms with van der Waals surface area (Å²) in [6, 6.07) is 0. The predicted octanol–water partition coefficient (Wildman–Crippen LogP) is 2.79. The lowest BCUT2D eigenvalue weighted by Gasteiger charge is -2.37. The van der Waals surface area contributed by atoms with Gasteiger partial charge in [0.2, 0.25) is 0 Å². The van der Waals surface area contributed by atoms with Gasteiger partial charge in [-0.05, 0) is 26.8 Å². The molecule has 4 heteroatoms. The van der Waals surface area contributed by atoms with Gasteiger partial charge in [0.1, 0.15) is 11.4 Å². The van der Waals surface area contributed by atoms with Crippen molar-refractivity contribution in [3.8, 4) is 0 Å². The van der Waals surface area contributed by atoms with Crippen LogP contribution in [0.15, 0.2) is 11.8 Å². The minimum Gasteiger partial charge on any atom is -0.501 e. The first kappa shape index (κ1) is 13.9. The summed E-state index contributed by atoms with van der Waals surface area (Å²) < 4.78 is 10.7. The molecular formula is C13H23NO3. The van der Waals surface area contributed by atoms with Crippen molar-refractivity contribution < 1.29 is 14.3 Å². The molecule has 0 unspecified atom stereocenters. The third kappa shape index (κ3) is 3.65. The molecule has 1 heterocycles. The third-order valence-corrected chi connectivity index (χ3v) is 2.62. The van der Waals surface area contributed by atoms with Crippen LogP contribution in [0.5, 0.6) is 0 Å². The van der Waals surface area contributed by atoms with Gasteiger partial charge in [0.25, 0.3) is 0 Å². The molecule has 0 bridgehead atoms. The van der Waals surface area contributed by atoms with Crippen LogP contribution in [0.3, 0.4) is 0 Å². The van der Waals surface area contributed by atoms with E-state index < -0.39 is 5.60 Å². The van der Waals surface area contributed by atoms with E-state index in [-0.39, 0.29) is 11.5 Å². The van der Waals surface area contributed by atoms with E-state index in [2.05, 4.69) is 13.8 Å². The zero-order valence-electron chi connectivity index (χ0n) is 11.7. The summed E-state index contributed by atoms with van der Waals surface area (Å²) in [5, 5.41) is 0. The zero-order chi connectivity index (χ0) is 13.3. The molecule has 0 radical (unpaired) electrons. The summed E-state index contributed by atoms with van der Waals surface area (Å²) in [6.45, 7) is 10.9. The summed E-state index contributed by atoms with van der Waals surface area (Å²) in [5.41, 5.74) is -0.615. The van der Waals surface area contributed by atoms with E-state index in [1.165, 1.54) is 0 Å². The predicted molar refractivity (Wildman–Crippen MR) is 66.7 cm³/mol. The molecule has 1 aliphatic heterocycles. The van der Waals surface area contributed by atoms with Crippen LogP contribution in [-0.4, -0.2) is 36.8 Å². The number of rotatable bonds is 1. The summed E-state index contributed by atoms with van der Waals surface area (Å²) in [7, 11) is 1.66. The van der Waals surface area contributed by atoms with Crippen LogP contribution >= 0.6 is 0 Å². The maximum absolute atomic E-state index is 11.9. The molecule has 0 saturated carbocycles. The van der Waals surface area contributed by atoms with Crippen molar-refractivity contribution in [2.45, 2.75) is 40.2 Å². The number of hydrogen-bond donors (Lipinski definition) is 0. The highest BCUT2D eigenvalue weighted by atomic mass is 16.6. The maximum atomic E-state index is 11.9. The van der Waals surface area contributed by atoms with Crippen molar-refractivity contribution in [1.29, 1.82) is 0 Å². The van der Waals surface area contributed by atoms with Crippen molar-refractivity contribution >= 4 is 6.09 Å². The van der Waals surface area contributed by atoms with E-state index >= 15 is 0 Å². The number of ether oxygens (including phenoxy) is 2. The Bertz CT molecular complexity index is 326. The van der Waals surface area contributed by atoms with Crippen LogP contribution in [0.4, 0.5) is 4.79 Å². The molecule has 1 amide bonds. The molecule has 98 valence electrons. The molecule has 0 spiro atoms. The van der Waals surface area contributed by atoms with E-state index in [1.807, 2.05) is 26.8 Å². The molecule has 0 aromatic rings. The number of carbonyl (C=O) groups is 1. The Morgan fingerprint density at radius 1 is 1.41 bits per heavy atom. The fourth-order valence-corrected chi connectivity index (χ4v) is 1.91. The minimum absolute atomic E-state index is 0.163. The van der Waals surface area contributed by atoms with E-state index in [9.17, 15) is 4.79 Å². The Balaban J connectivity index is 2.72. The second kappa shape index (κ2) is 4.59. The van der Waals surface area contributed by atoms with Crippen LogP contribution < -0.4 is 0 Å². The molecule has 0 atom stereocenters. The second-order valence-corrected chi connectivity index (χ2v) is 6.02. The number of amides is 1. The largest absolute Gasteiger partial charge is 0.501 e. The third-order valence-electron chi connectivity index (χ3n) is 2.62. The van der Waals surface area contributed by atoms with Gasteiger partial charge < -0.3 is 14.4 Å². The lowest BCUT2D eigenvalue weighted by Crippen LogP contribution is -2.45. The van der Waals surface area contributed by atoms with Crippen molar-refractivity contribution in [3.05, 3.63) is 11.8 Å². The second-order valence-electron chi connectivity index (χ2n) is 6.02. The number of hydrogen-bond acceptors (Lipinski definition) is 3. The first-order valence-corrected chi connectivity index (χ1v) is 5.88. The Morgan fingerprint density at radius 3 is 2.41 bits per heavy atom. The van der Waals surface area contributed by atoms with Crippen molar-refractivity contribution in [1.82, 2.24) is 4.90 Å². The van der Waals surface area contributed by atoms with Gasteiger partial charge in [-0.15, -0.1) is 0 Å². The topological polar surface area (TPSA) is 38.8 Å². The molecule has 0 N–H and O–H groups in total. The van der Waals surface area contributed by atoms with Gasteiger partial charge in [0.15, 0.2) is 0 Å². The Hall–Kier alpha value is -1.19. The van der Waals surface area contributed by atoms with Gasteiger partial charge >= 0.3 is 6.09 Å². The molecule has 1 aliphatic rings. The van der Waals surface area contributed by atoms with E-state index in [0.29, 0.717) is 13.1 Å². The van der Waals surface area contributed by atoms with E-state index in [0.717, 1.165) is 5.76 Å². The van der Waals surface area contributed by atoms with Crippen molar-refractivity contribution in [3.63, 3.8) is 0 Å². The Morgan fingerprint density at radius 2 is 2.00 bits per heavy atom. The fraction of sp³-hybridized carbons (Fsp3) is 0.769. The number of nitrogens with zero attached hydrogens (tertiary/aromatic N) is 1. The normalized spacial score (nSPS) is 19.6. The van der Waals surface area contributed by atoms with Crippen molar-refractivity contribution in [2.24, 2.45) is 5.41 Å². The molecule has 4 nitrogen and oxygen atoms in total. The zero-order valence-corrected chi connectivity index (χ0v) is 11.7. The lowest BCUT2D eigenvalue weighted by molar-refractivity contribution is 0.0156. The summed E-state index contributed by atoms with van der Waals surface area (Å²) in [6.07, 6.45) is 1.67. The molecule has 0 fully saturated rings. The van der Waals surface area contributed by atoms with Gasteiger partial charge in [-0.25, -0.2) is 4.79 Å². The highest BCUT2D eigenvalue weighted by molar-refractivity contribution is 5.68. The Kier molecular flexibility index (Phi) is 3.74. The SMILES string of the molecule is COC1=CCN(C(=O)OC(C)(C)C)CC1(C)C. The van der Waals surface area contributed by atoms with Gasteiger partial charge in [0, 0.05) is 18.5 Å². The van der Waals surface area contributed by atoms with Crippen LogP contribution in [0.2, 0.25) is 0 Å². The average molecular weight is 241 g/mol. The summed E-state index contributed by atoms with van der Waals surface area (Å²) >= 11 is 0. The first-order chi connectivity index (χ1) is 7.65. The molecule has 0 aliphatic carbocycles. The molecule has 0 saturated heterocycles. The highest BCUT2D eigenvalue weighted by Gasteiger charge is 2.34. The average Bonchev–Trinajstić information content (AvgIpc) is 2.13. The van der Waals surface area contributed by atoms with Crippen LogP contribution in [0.25, 0.3) is 0 Å². The minimum atomic E-state index is -0.452. The van der Waals surface area contributed by atoms with Crippen LogP contribution in [-0.2, 0) is 9.47 Å². The Labute approximate surface area is 104 Å². The van der Waals surface area contributed by atoms with Crippen molar-refractivity contribution in [2.75, 3.05) is 20.2 Å². The molecule has 0 aromatic carbocycles. The summed E-state index contributed by atoms with van der Waals surface area (Å²) in [5.74, 6) is 0.928.